The summed E-state index contributed by atoms with van der Waals surface area (Å²) in [6.07, 6.45) is -1.69. The summed E-state index contributed by atoms with van der Waals surface area (Å²) in [7, 11) is 0. The highest BCUT2D eigenvalue weighted by atomic mass is 19.4. The van der Waals surface area contributed by atoms with E-state index < -0.39 is 17.3 Å². The maximum Gasteiger partial charge on any atom is 0.416 e. The lowest BCUT2D eigenvalue weighted by molar-refractivity contribution is -0.137. The van der Waals surface area contributed by atoms with Gasteiger partial charge in [0.2, 0.25) is 0 Å². The Kier molecular flexibility index (Phi) is 4.16. The second-order valence-electron chi connectivity index (χ2n) is 5.20. The van der Waals surface area contributed by atoms with E-state index in [9.17, 15) is 18.3 Å². The highest BCUT2D eigenvalue weighted by molar-refractivity contribution is 5.25. The molecule has 1 aromatic rings. The SMILES string of the molecule is OC1(Cc2ccc(C(F)(F)F)cc2)CCCNCC1. The number of rotatable bonds is 2. The van der Waals surface area contributed by atoms with Gasteiger partial charge in [-0.05, 0) is 50.0 Å². The quantitative estimate of drug-likeness (QED) is 0.868. The van der Waals surface area contributed by atoms with E-state index in [1.807, 2.05) is 0 Å². The first kappa shape index (κ1) is 14.3. The van der Waals surface area contributed by atoms with Crippen molar-refractivity contribution in [3.8, 4) is 0 Å². The molecule has 5 heteroatoms. The van der Waals surface area contributed by atoms with Gasteiger partial charge in [0.05, 0.1) is 11.2 Å². The topological polar surface area (TPSA) is 32.3 Å². The molecule has 1 aliphatic heterocycles. The highest BCUT2D eigenvalue weighted by Gasteiger charge is 2.31. The fourth-order valence-electron chi connectivity index (χ4n) is 2.48. The van der Waals surface area contributed by atoms with Crippen LogP contribution in [-0.4, -0.2) is 23.8 Å². The molecule has 0 spiro atoms. The average Bonchev–Trinajstić information content (AvgIpc) is 2.53. The van der Waals surface area contributed by atoms with Crippen molar-refractivity contribution in [2.24, 2.45) is 0 Å². The number of halogens is 3. The van der Waals surface area contributed by atoms with Crippen molar-refractivity contribution in [3.63, 3.8) is 0 Å². The van der Waals surface area contributed by atoms with Gasteiger partial charge >= 0.3 is 6.18 Å². The third-order valence-electron chi connectivity index (χ3n) is 3.58. The van der Waals surface area contributed by atoms with Crippen LogP contribution in [-0.2, 0) is 12.6 Å². The molecule has 0 aromatic heterocycles. The second kappa shape index (κ2) is 5.51. The molecule has 1 fully saturated rings. The summed E-state index contributed by atoms with van der Waals surface area (Å²) in [6.45, 7) is 1.63. The van der Waals surface area contributed by atoms with E-state index in [1.165, 1.54) is 12.1 Å². The summed E-state index contributed by atoms with van der Waals surface area (Å²) in [4.78, 5) is 0. The summed E-state index contributed by atoms with van der Waals surface area (Å²) in [5, 5.41) is 13.7. The van der Waals surface area contributed by atoms with Gasteiger partial charge < -0.3 is 10.4 Å². The Morgan fingerprint density at radius 1 is 1.11 bits per heavy atom. The van der Waals surface area contributed by atoms with Crippen LogP contribution in [0.5, 0.6) is 0 Å². The lowest BCUT2D eigenvalue weighted by atomic mass is 9.87. The number of hydrogen-bond donors (Lipinski definition) is 2. The van der Waals surface area contributed by atoms with Crippen molar-refractivity contribution < 1.29 is 18.3 Å². The molecular weight excluding hydrogens is 255 g/mol. The van der Waals surface area contributed by atoms with Crippen LogP contribution in [0.4, 0.5) is 13.2 Å². The zero-order chi connectivity index (χ0) is 13.9. The van der Waals surface area contributed by atoms with Crippen molar-refractivity contribution in [2.45, 2.75) is 37.5 Å². The van der Waals surface area contributed by atoms with Crippen LogP contribution in [0.15, 0.2) is 24.3 Å². The van der Waals surface area contributed by atoms with Crippen LogP contribution in [0.1, 0.15) is 30.4 Å². The average molecular weight is 273 g/mol. The Balaban J connectivity index is 2.06. The van der Waals surface area contributed by atoms with Crippen LogP contribution in [0.25, 0.3) is 0 Å². The first-order valence-corrected chi connectivity index (χ1v) is 6.48. The Labute approximate surface area is 110 Å². The number of aliphatic hydroxyl groups is 1. The summed E-state index contributed by atoms with van der Waals surface area (Å²) in [5.74, 6) is 0. The van der Waals surface area contributed by atoms with E-state index in [4.69, 9.17) is 0 Å². The Morgan fingerprint density at radius 2 is 1.79 bits per heavy atom. The molecule has 0 radical (unpaired) electrons. The molecule has 2 N–H and O–H groups in total. The van der Waals surface area contributed by atoms with Gasteiger partial charge in [-0.2, -0.15) is 13.2 Å². The standard InChI is InChI=1S/C14H18F3NO/c15-14(16,17)12-4-2-11(3-5-12)10-13(19)6-1-8-18-9-7-13/h2-5,18-19H,1,6-10H2. The fraction of sp³-hybridized carbons (Fsp3) is 0.571. The van der Waals surface area contributed by atoms with Crippen molar-refractivity contribution >= 4 is 0 Å². The van der Waals surface area contributed by atoms with Crippen molar-refractivity contribution in [1.82, 2.24) is 5.32 Å². The molecule has 2 nitrogen and oxygen atoms in total. The lowest BCUT2D eigenvalue weighted by Gasteiger charge is -2.26. The molecule has 1 aromatic carbocycles. The number of benzene rings is 1. The maximum absolute atomic E-state index is 12.4. The molecule has 1 heterocycles. The monoisotopic (exact) mass is 273 g/mol. The van der Waals surface area contributed by atoms with Gasteiger partial charge in [0.1, 0.15) is 0 Å². The van der Waals surface area contributed by atoms with E-state index in [0.29, 0.717) is 19.3 Å². The second-order valence-corrected chi connectivity index (χ2v) is 5.20. The van der Waals surface area contributed by atoms with E-state index in [2.05, 4.69) is 5.32 Å². The van der Waals surface area contributed by atoms with Gasteiger partial charge in [-0.3, -0.25) is 0 Å². The fourth-order valence-corrected chi connectivity index (χ4v) is 2.48. The molecule has 106 valence electrons. The molecule has 19 heavy (non-hydrogen) atoms. The molecule has 0 amide bonds. The number of nitrogens with one attached hydrogen (secondary N) is 1. The summed E-state index contributed by atoms with van der Waals surface area (Å²) in [5.41, 5.74) is -0.702. The normalized spacial score (nSPS) is 25.1. The van der Waals surface area contributed by atoms with Crippen molar-refractivity contribution in [3.05, 3.63) is 35.4 Å². The summed E-state index contributed by atoms with van der Waals surface area (Å²) in [6, 6.07) is 5.07. The maximum atomic E-state index is 12.4. The molecule has 1 unspecified atom stereocenters. The van der Waals surface area contributed by atoms with Crippen LogP contribution in [0.3, 0.4) is 0 Å². The lowest BCUT2D eigenvalue weighted by Crippen LogP contribution is -2.32. The van der Waals surface area contributed by atoms with E-state index >= 15 is 0 Å². The molecule has 1 saturated heterocycles. The molecule has 2 rings (SSSR count). The van der Waals surface area contributed by atoms with E-state index in [1.54, 1.807) is 0 Å². The Morgan fingerprint density at radius 3 is 2.42 bits per heavy atom. The van der Waals surface area contributed by atoms with Crippen molar-refractivity contribution in [1.29, 1.82) is 0 Å². The smallest absolute Gasteiger partial charge is 0.389 e. The summed E-state index contributed by atoms with van der Waals surface area (Å²) >= 11 is 0. The molecule has 0 bridgehead atoms. The zero-order valence-corrected chi connectivity index (χ0v) is 10.6. The van der Waals surface area contributed by atoms with Crippen LogP contribution >= 0.6 is 0 Å². The third-order valence-corrected chi connectivity index (χ3v) is 3.58. The number of alkyl halides is 3. The molecule has 1 atom stereocenters. The molecule has 1 aliphatic rings. The molecule has 0 aliphatic carbocycles. The largest absolute Gasteiger partial charge is 0.416 e. The number of hydrogen-bond acceptors (Lipinski definition) is 2. The van der Waals surface area contributed by atoms with Gasteiger partial charge in [0, 0.05) is 6.42 Å². The molecule has 0 saturated carbocycles. The minimum absolute atomic E-state index is 0.410. The first-order chi connectivity index (χ1) is 8.89. The third kappa shape index (κ3) is 3.94. The van der Waals surface area contributed by atoms with Crippen molar-refractivity contribution in [2.75, 3.05) is 13.1 Å². The molecular formula is C14H18F3NO. The van der Waals surface area contributed by atoms with Gasteiger partial charge in [0.15, 0.2) is 0 Å². The van der Waals surface area contributed by atoms with Crippen LogP contribution < -0.4 is 5.32 Å². The van der Waals surface area contributed by atoms with E-state index in [0.717, 1.165) is 37.2 Å². The highest BCUT2D eigenvalue weighted by Crippen LogP contribution is 2.30. The van der Waals surface area contributed by atoms with Gasteiger partial charge in [-0.1, -0.05) is 12.1 Å². The Hall–Kier alpha value is -1.07. The predicted molar refractivity (Wildman–Crippen MR) is 66.8 cm³/mol. The Bertz CT molecular complexity index is 406. The van der Waals surface area contributed by atoms with Gasteiger partial charge in [-0.25, -0.2) is 0 Å². The van der Waals surface area contributed by atoms with E-state index in [-0.39, 0.29) is 0 Å². The van der Waals surface area contributed by atoms with Crippen LogP contribution in [0.2, 0.25) is 0 Å². The predicted octanol–water partition coefficient (Wildman–Crippen LogP) is 2.75. The summed E-state index contributed by atoms with van der Waals surface area (Å²) < 4.78 is 37.3. The first-order valence-electron chi connectivity index (χ1n) is 6.48. The zero-order valence-electron chi connectivity index (χ0n) is 10.6. The van der Waals surface area contributed by atoms with Gasteiger partial charge in [0.25, 0.3) is 0 Å². The van der Waals surface area contributed by atoms with Crippen LogP contribution in [0, 0.1) is 0 Å². The van der Waals surface area contributed by atoms with Gasteiger partial charge in [-0.15, -0.1) is 0 Å². The minimum atomic E-state index is -4.30. The minimum Gasteiger partial charge on any atom is -0.389 e.